The van der Waals surface area contributed by atoms with Crippen molar-refractivity contribution in [2.75, 3.05) is 11.9 Å². The molecular weight excluding hydrogens is 354 g/mol. The third kappa shape index (κ3) is 5.21. The number of carbonyl (C=O) groups excluding carboxylic acids is 3. The van der Waals surface area contributed by atoms with Crippen molar-refractivity contribution in [3.05, 3.63) is 29.3 Å². The van der Waals surface area contributed by atoms with Crippen molar-refractivity contribution in [1.29, 1.82) is 0 Å². The molecule has 1 aromatic rings. The van der Waals surface area contributed by atoms with Gasteiger partial charge in [0, 0.05) is 10.7 Å². The number of unbranched alkanes of at least 4 members (excludes halogenated alkanes) is 4. The first-order valence-electron chi connectivity index (χ1n) is 9.05. The predicted octanol–water partition coefficient (Wildman–Crippen LogP) is 3.95. The smallest absolute Gasteiger partial charge is 0.324 e. The van der Waals surface area contributed by atoms with Crippen LogP contribution >= 0.6 is 11.6 Å². The highest BCUT2D eigenvalue weighted by atomic mass is 35.5. The summed E-state index contributed by atoms with van der Waals surface area (Å²) in [5.41, 5.74) is -0.409. The average Bonchev–Trinajstić information content (AvgIpc) is 2.78. The highest BCUT2D eigenvalue weighted by Crippen LogP contribution is 2.24. The van der Waals surface area contributed by atoms with Crippen molar-refractivity contribution >= 4 is 35.1 Å². The van der Waals surface area contributed by atoms with Crippen molar-refractivity contribution in [1.82, 2.24) is 10.2 Å². The summed E-state index contributed by atoms with van der Waals surface area (Å²) in [4.78, 5) is 38.0. The van der Waals surface area contributed by atoms with Crippen LogP contribution in [0.4, 0.5) is 10.5 Å². The number of amides is 4. The minimum absolute atomic E-state index is 0.317. The number of benzene rings is 1. The van der Waals surface area contributed by atoms with E-state index < -0.39 is 17.5 Å². The van der Waals surface area contributed by atoms with E-state index in [0.717, 1.165) is 30.6 Å². The third-order valence-corrected chi connectivity index (χ3v) is 4.77. The molecule has 1 heterocycles. The van der Waals surface area contributed by atoms with E-state index in [2.05, 4.69) is 17.6 Å². The SMILES string of the molecule is CCCCCCC[C@@]1(C)NC(=O)N(CC(=O)Nc2cccc(Cl)c2)C1=O. The molecule has 1 aliphatic rings. The second kappa shape index (κ2) is 9.03. The van der Waals surface area contributed by atoms with Gasteiger partial charge in [-0.1, -0.05) is 56.7 Å². The van der Waals surface area contributed by atoms with Gasteiger partial charge in [-0.15, -0.1) is 0 Å². The third-order valence-electron chi connectivity index (χ3n) is 4.54. The summed E-state index contributed by atoms with van der Waals surface area (Å²) in [7, 11) is 0. The number of imide groups is 1. The number of hydrogen-bond donors (Lipinski definition) is 2. The molecule has 0 aromatic heterocycles. The Labute approximate surface area is 159 Å². The van der Waals surface area contributed by atoms with Crippen LogP contribution in [0.3, 0.4) is 0 Å². The Hall–Kier alpha value is -2.08. The molecule has 0 saturated carbocycles. The van der Waals surface area contributed by atoms with Crippen molar-refractivity contribution in [2.45, 2.75) is 57.9 Å². The van der Waals surface area contributed by atoms with Gasteiger partial charge in [0.25, 0.3) is 5.91 Å². The molecule has 4 amide bonds. The number of urea groups is 1. The first kappa shape index (κ1) is 20.2. The largest absolute Gasteiger partial charge is 0.325 e. The normalized spacial score (nSPS) is 19.6. The van der Waals surface area contributed by atoms with Gasteiger partial charge in [-0.05, 0) is 31.5 Å². The molecule has 0 spiro atoms. The maximum absolute atomic E-state index is 12.6. The number of nitrogens with zero attached hydrogens (tertiary/aromatic N) is 1. The van der Waals surface area contributed by atoms with E-state index >= 15 is 0 Å². The molecule has 0 bridgehead atoms. The Kier molecular flexibility index (Phi) is 7.03. The Balaban J connectivity index is 1.90. The van der Waals surface area contributed by atoms with Crippen molar-refractivity contribution in [2.24, 2.45) is 0 Å². The van der Waals surface area contributed by atoms with Gasteiger partial charge in [-0.3, -0.25) is 14.5 Å². The zero-order valence-corrected chi connectivity index (χ0v) is 16.1. The van der Waals surface area contributed by atoms with Gasteiger partial charge in [0.1, 0.15) is 12.1 Å². The van der Waals surface area contributed by atoms with E-state index in [1.54, 1.807) is 31.2 Å². The van der Waals surface area contributed by atoms with Crippen molar-refractivity contribution in [3.63, 3.8) is 0 Å². The fourth-order valence-corrected chi connectivity index (χ4v) is 3.24. The molecule has 1 aromatic carbocycles. The Morgan fingerprint density at radius 1 is 1.23 bits per heavy atom. The van der Waals surface area contributed by atoms with E-state index in [9.17, 15) is 14.4 Å². The molecular formula is C19H26ClN3O3. The lowest BCUT2D eigenvalue weighted by molar-refractivity contribution is -0.133. The molecule has 6 nitrogen and oxygen atoms in total. The summed E-state index contributed by atoms with van der Waals surface area (Å²) in [6.07, 6.45) is 5.93. The molecule has 0 unspecified atom stereocenters. The van der Waals surface area contributed by atoms with Gasteiger partial charge in [0.15, 0.2) is 0 Å². The summed E-state index contributed by atoms with van der Waals surface area (Å²) in [5, 5.41) is 5.88. The van der Waals surface area contributed by atoms with E-state index in [0.29, 0.717) is 17.1 Å². The van der Waals surface area contributed by atoms with Crippen LogP contribution in [0.15, 0.2) is 24.3 Å². The predicted molar refractivity (Wildman–Crippen MR) is 102 cm³/mol. The van der Waals surface area contributed by atoms with Crippen LogP contribution in [0, 0.1) is 0 Å². The topological polar surface area (TPSA) is 78.5 Å². The van der Waals surface area contributed by atoms with Gasteiger partial charge >= 0.3 is 6.03 Å². The number of carbonyl (C=O) groups is 3. The molecule has 0 radical (unpaired) electrons. The quantitative estimate of drug-likeness (QED) is 0.503. The molecule has 1 saturated heterocycles. The van der Waals surface area contributed by atoms with E-state index in [1.165, 1.54) is 6.42 Å². The zero-order chi connectivity index (χ0) is 19.2. The van der Waals surface area contributed by atoms with Crippen LogP contribution in [-0.4, -0.2) is 34.8 Å². The van der Waals surface area contributed by atoms with E-state index in [1.807, 2.05) is 0 Å². The van der Waals surface area contributed by atoms with Gasteiger partial charge in [0.05, 0.1) is 0 Å². The molecule has 0 aliphatic carbocycles. The first-order chi connectivity index (χ1) is 12.4. The molecule has 142 valence electrons. The van der Waals surface area contributed by atoms with Gasteiger partial charge in [-0.25, -0.2) is 4.79 Å². The van der Waals surface area contributed by atoms with Crippen LogP contribution in [0.1, 0.15) is 52.4 Å². The molecule has 1 fully saturated rings. The second-order valence-corrected chi connectivity index (χ2v) is 7.31. The summed E-state index contributed by atoms with van der Waals surface area (Å²) < 4.78 is 0. The lowest BCUT2D eigenvalue weighted by Gasteiger charge is -2.21. The number of rotatable bonds is 9. The molecule has 1 atom stereocenters. The number of hydrogen-bond acceptors (Lipinski definition) is 3. The van der Waals surface area contributed by atoms with Crippen LogP contribution in [0.25, 0.3) is 0 Å². The number of halogens is 1. The van der Waals surface area contributed by atoms with E-state index in [4.69, 9.17) is 11.6 Å². The van der Waals surface area contributed by atoms with Crippen LogP contribution < -0.4 is 10.6 Å². The summed E-state index contributed by atoms with van der Waals surface area (Å²) >= 11 is 5.88. The maximum Gasteiger partial charge on any atom is 0.325 e. The second-order valence-electron chi connectivity index (χ2n) is 6.88. The van der Waals surface area contributed by atoms with Gasteiger partial charge in [0.2, 0.25) is 5.91 Å². The van der Waals surface area contributed by atoms with Gasteiger partial charge in [-0.2, -0.15) is 0 Å². The lowest BCUT2D eigenvalue weighted by atomic mass is 9.94. The zero-order valence-electron chi connectivity index (χ0n) is 15.3. The monoisotopic (exact) mass is 379 g/mol. The highest BCUT2D eigenvalue weighted by Gasteiger charge is 2.47. The minimum atomic E-state index is -0.931. The Bertz CT molecular complexity index is 680. The van der Waals surface area contributed by atoms with Crippen LogP contribution in [0.5, 0.6) is 0 Å². The fourth-order valence-electron chi connectivity index (χ4n) is 3.05. The fraction of sp³-hybridized carbons (Fsp3) is 0.526. The first-order valence-corrected chi connectivity index (χ1v) is 9.43. The number of anilines is 1. The lowest BCUT2D eigenvalue weighted by Crippen LogP contribution is -2.44. The summed E-state index contributed by atoms with van der Waals surface area (Å²) in [5.74, 6) is -0.790. The summed E-state index contributed by atoms with van der Waals surface area (Å²) in [6.45, 7) is 3.55. The standard InChI is InChI=1S/C19H26ClN3O3/c1-3-4-5-6-7-11-19(2)17(25)23(18(26)22-19)13-16(24)21-15-10-8-9-14(20)12-15/h8-10,12H,3-7,11,13H2,1-2H3,(H,21,24)(H,22,26)/t19-/m1/s1. The van der Waals surface area contributed by atoms with Gasteiger partial charge < -0.3 is 10.6 Å². The minimum Gasteiger partial charge on any atom is -0.324 e. The average molecular weight is 380 g/mol. The molecule has 2 rings (SSSR count). The van der Waals surface area contributed by atoms with Crippen LogP contribution in [-0.2, 0) is 9.59 Å². The Morgan fingerprint density at radius 3 is 2.65 bits per heavy atom. The molecule has 1 aliphatic heterocycles. The maximum atomic E-state index is 12.6. The Morgan fingerprint density at radius 2 is 1.96 bits per heavy atom. The number of nitrogens with one attached hydrogen (secondary N) is 2. The molecule has 7 heteroatoms. The van der Waals surface area contributed by atoms with Crippen molar-refractivity contribution in [3.8, 4) is 0 Å². The summed E-state index contributed by atoms with van der Waals surface area (Å²) in [6, 6.07) is 6.18. The molecule has 2 N–H and O–H groups in total. The molecule has 26 heavy (non-hydrogen) atoms. The van der Waals surface area contributed by atoms with E-state index in [-0.39, 0.29) is 12.5 Å². The van der Waals surface area contributed by atoms with Crippen molar-refractivity contribution < 1.29 is 14.4 Å². The highest BCUT2D eigenvalue weighted by molar-refractivity contribution is 6.30. The van der Waals surface area contributed by atoms with Crippen LogP contribution in [0.2, 0.25) is 5.02 Å².